The third-order valence-corrected chi connectivity index (χ3v) is 3.22. The van der Waals surface area contributed by atoms with Crippen LogP contribution in [0.2, 0.25) is 0 Å². The van der Waals surface area contributed by atoms with Gasteiger partial charge in [0, 0.05) is 24.8 Å². The van der Waals surface area contributed by atoms with Crippen LogP contribution >= 0.6 is 0 Å². The Morgan fingerprint density at radius 2 is 1.92 bits per heavy atom. The van der Waals surface area contributed by atoms with Gasteiger partial charge in [-0.05, 0) is 47.0 Å². The molecule has 0 saturated carbocycles. The molecule has 0 spiro atoms. The number of aromatic nitrogens is 2. The molecule has 1 aromatic heterocycles. The highest BCUT2D eigenvalue weighted by atomic mass is 16.5. The molecule has 0 aliphatic carbocycles. The van der Waals surface area contributed by atoms with E-state index in [0.29, 0.717) is 5.95 Å². The summed E-state index contributed by atoms with van der Waals surface area (Å²) >= 11 is 0. The van der Waals surface area contributed by atoms with E-state index in [1.807, 2.05) is 65.2 Å². The average Bonchev–Trinajstić information content (AvgIpc) is 2.48. The minimum atomic E-state index is 0.106. The van der Waals surface area contributed by atoms with E-state index >= 15 is 0 Å². The van der Waals surface area contributed by atoms with E-state index in [-0.39, 0.29) is 6.10 Å². The molecule has 2 N–H and O–H groups in total. The highest BCUT2D eigenvalue weighted by Gasteiger charge is 2.08. The Morgan fingerprint density at radius 3 is 2.62 bits per heavy atom. The lowest BCUT2D eigenvalue weighted by Gasteiger charge is -2.16. The van der Waals surface area contributed by atoms with Gasteiger partial charge in [0.2, 0.25) is 5.95 Å². The summed E-state index contributed by atoms with van der Waals surface area (Å²) in [4.78, 5) is 11.1. The predicted octanol–water partition coefficient (Wildman–Crippen LogP) is 3.29. The van der Waals surface area contributed by atoms with E-state index in [1.54, 1.807) is 0 Å². The molecule has 1 aromatic carbocycles. The zero-order chi connectivity index (χ0) is 17.5. The molecule has 24 heavy (non-hydrogen) atoms. The fourth-order valence-electron chi connectivity index (χ4n) is 2.17. The van der Waals surface area contributed by atoms with Crippen molar-refractivity contribution in [2.24, 2.45) is 0 Å². The van der Waals surface area contributed by atoms with E-state index < -0.39 is 0 Å². The van der Waals surface area contributed by atoms with Crippen molar-refractivity contribution in [2.45, 2.75) is 26.9 Å². The monoisotopic (exact) mass is 329 g/mol. The van der Waals surface area contributed by atoms with Crippen LogP contribution in [0.25, 0.3) is 0 Å². The van der Waals surface area contributed by atoms with Gasteiger partial charge in [0.25, 0.3) is 0 Å². The van der Waals surface area contributed by atoms with Gasteiger partial charge < -0.3 is 20.3 Å². The zero-order valence-electron chi connectivity index (χ0n) is 15.1. The number of benzene rings is 1. The molecule has 0 radical (unpaired) electrons. The van der Waals surface area contributed by atoms with Crippen molar-refractivity contribution in [1.82, 2.24) is 14.9 Å². The molecule has 130 valence electrons. The Morgan fingerprint density at radius 1 is 1.17 bits per heavy atom. The number of para-hydroxylation sites is 2. The standard InChI is InChI=1S/C18H27N5O/c1-13(2)24-16-9-7-6-8-15(16)21-18-20-14(3)12-17(22-18)19-10-11-23(4)5/h6-9,12-13H,10-11H2,1-5H3,(H2,19,20,21,22). The maximum Gasteiger partial charge on any atom is 0.229 e. The van der Waals surface area contributed by atoms with Crippen LogP contribution < -0.4 is 15.4 Å². The SMILES string of the molecule is Cc1cc(NCCN(C)C)nc(Nc2ccccc2OC(C)C)n1. The molecule has 2 rings (SSSR count). The minimum absolute atomic E-state index is 0.106. The molecule has 0 aliphatic heterocycles. The van der Waals surface area contributed by atoms with Gasteiger partial charge in [-0.1, -0.05) is 12.1 Å². The Kier molecular flexibility index (Phi) is 6.37. The topological polar surface area (TPSA) is 62.3 Å². The van der Waals surface area contributed by atoms with Crippen LogP contribution in [0.5, 0.6) is 5.75 Å². The van der Waals surface area contributed by atoms with E-state index in [2.05, 4.69) is 25.5 Å². The van der Waals surface area contributed by atoms with Gasteiger partial charge in [0.1, 0.15) is 11.6 Å². The maximum atomic E-state index is 5.83. The smallest absolute Gasteiger partial charge is 0.229 e. The Labute approximate surface area is 144 Å². The maximum absolute atomic E-state index is 5.83. The van der Waals surface area contributed by atoms with Crippen LogP contribution in [-0.4, -0.2) is 48.2 Å². The summed E-state index contributed by atoms with van der Waals surface area (Å²) in [6, 6.07) is 9.75. The van der Waals surface area contributed by atoms with Crippen LogP contribution in [0.3, 0.4) is 0 Å². The van der Waals surface area contributed by atoms with Gasteiger partial charge in [0.15, 0.2) is 0 Å². The third-order valence-electron chi connectivity index (χ3n) is 3.22. The molecule has 2 aromatic rings. The van der Waals surface area contributed by atoms with Crippen molar-refractivity contribution in [3.63, 3.8) is 0 Å². The molecule has 0 amide bonds. The second-order valence-electron chi connectivity index (χ2n) is 6.24. The highest BCUT2D eigenvalue weighted by molar-refractivity contribution is 5.63. The van der Waals surface area contributed by atoms with Crippen LogP contribution in [0.4, 0.5) is 17.5 Å². The minimum Gasteiger partial charge on any atom is -0.489 e. The number of ether oxygens (including phenoxy) is 1. The van der Waals surface area contributed by atoms with Crippen molar-refractivity contribution >= 4 is 17.5 Å². The van der Waals surface area contributed by atoms with E-state index in [1.165, 1.54) is 0 Å². The first kappa shape index (κ1) is 18.0. The van der Waals surface area contributed by atoms with E-state index in [4.69, 9.17) is 4.74 Å². The zero-order valence-corrected chi connectivity index (χ0v) is 15.1. The summed E-state index contributed by atoms with van der Waals surface area (Å²) in [5.74, 6) is 2.16. The normalized spacial score (nSPS) is 11.0. The second-order valence-corrected chi connectivity index (χ2v) is 6.24. The Balaban J connectivity index is 2.13. The van der Waals surface area contributed by atoms with Gasteiger partial charge in [-0.25, -0.2) is 4.98 Å². The molecule has 1 heterocycles. The second kappa shape index (κ2) is 8.49. The van der Waals surface area contributed by atoms with Gasteiger partial charge in [0.05, 0.1) is 11.8 Å². The number of hydrogen-bond donors (Lipinski definition) is 2. The number of likely N-dealkylation sites (N-methyl/N-ethyl adjacent to an activating group) is 1. The van der Waals surface area contributed by atoms with Crippen molar-refractivity contribution in [3.05, 3.63) is 36.0 Å². The molecular formula is C18H27N5O. The van der Waals surface area contributed by atoms with E-state index in [0.717, 1.165) is 36.0 Å². The number of nitrogens with zero attached hydrogens (tertiary/aromatic N) is 3. The summed E-state index contributed by atoms with van der Waals surface area (Å²) in [7, 11) is 4.09. The fourth-order valence-corrected chi connectivity index (χ4v) is 2.17. The molecule has 0 saturated heterocycles. The van der Waals surface area contributed by atoms with Gasteiger partial charge in [-0.15, -0.1) is 0 Å². The van der Waals surface area contributed by atoms with Gasteiger partial charge >= 0.3 is 0 Å². The summed E-state index contributed by atoms with van der Waals surface area (Å²) in [6.45, 7) is 7.74. The molecule has 0 bridgehead atoms. The number of aryl methyl sites for hydroxylation is 1. The first-order valence-electron chi connectivity index (χ1n) is 8.21. The fraction of sp³-hybridized carbons (Fsp3) is 0.444. The Hall–Kier alpha value is -2.34. The first-order valence-corrected chi connectivity index (χ1v) is 8.21. The predicted molar refractivity (Wildman–Crippen MR) is 99.3 cm³/mol. The van der Waals surface area contributed by atoms with Crippen LogP contribution in [0.1, 0.15) is 19.5 Å². The number of anilines is 3. The first-order chi connectivity index (χ1) is 11.4. The van der Waals surface area contributed by atoms with Crippen molar-refractivity contribution < 1.29 is 4.74 Å². The molecule has 0 atom stereocenters. The number of rotatable bonds is 8. The van der Waals surface area contributed by atoms with Crippen LogP contribution in [0.15, 0.2) is 30.3 Å². The Bertz CT molecular complexity index is 658. The third kappa shape index (κ3) is 5.70. The molecule has 6 heteroatoms. The molecule has 0 fully saturated rings. The summed E-state index contributed by atoms with van der Waals surface area (Å²) in [5.41, 5.74) is 1.76. The molecule has 6 nitrogen and oxygen atoms in total. The van der Waals surface area contributed by atoms with Gasteiger partial charge in [-0.2, -0.15) is 4.98 Å². The largest absolute Gasteiger partial charge is 0.489 e. The molecular weight excluding hydrogens is 302 g/mol. The van der Waals surface area contributed by atoms with E-state index in [9.17, 15) is 0 Å². The highest BCUT2D eigenvalue weighted by Crippen LogP contribution is 2.27. The summed E-state index contributed by atoms with van der Waals surface area (Å²) in [5, 5.41) is 6.59. The van der Waals surface area contributed by atoms with Crippen molar-refractivity contribution in [1.29, 1.82) is 0 Å². The van der Waals surface area contributed by atoms with Crippen LogP contribution in [0, 0.1) is 6.92 Å². The molecule has 0 aliphatic rings. The van der Waals surface area contributed by atoms with Crippen LogP contribution in [-0.2, 0) is 0 Å². The quantitative estimate of drug-likeness (QED) is 0.775. The number of nitrogens with one attached hydrogen (secondary N) is 2. The van der Waals surface area contributed by atoms with Crippen molar-refractivity contribution in [3.8, 4) is 5.75 Å². The average molecular weight is 329 g/mol. The van der Waals surface area contributed by atoms with Gasteiger partial charge in [-0.3, -0.25) is 0 Å². The summed E-state index contributed by atoms with van der Waals surface area (Å²) in [6.07, 6.45) is 0.106. The lowest BCUT2D eigenvalue weighted by Crippen LogP contribution is -2.21. The summed E-state index contributed by atoms with van der Waals surface area (Å²) < 4.78 is 5.83. The molecule has 0 unspecified atom stereocenters. The van der Waals surface area contributed by atoms with Crippen molar-refractivity contribution in [2.75, 3.05) is 37.8 Å². The lowest BCUT2D eigenvalue weighted by atomic mass is 10.3. The number of hydrogen-bond acceptors (Lipinski definition) is 6. The lowest BCUT2D eigenvalue weighted by molar-refractivity contribution is 0.244.